The van der Waals surface area contributed by atoms with Crippen molar-refractivity contribution in [2.45, 2.75) is 53.1 Å². The summed E-state index contributed by atoms with van der Waals surface area (Å²) in [6.07, 6.45) is 3.67. The molecule has 0 aromatic heterocycles. The number of guanidine groups is 1. The lowest BCUT2D eigenvalue weighted by Crippen LogP contribution is -2.47. The van der Waals surface area contributed by atoms with Gasteiger partial charge in [0.1, 0.15) is 0 Å². The van der Waals surface area contributed by atoms with Crippen LogP contribution in [0.4, 0.5) is 0 Å². The van der Waals surface area contributed by atoms with Gasteiger partial charge < -0.3 is 20.1 Å². The van der Waals surface area contributed by atoms with Gasteiger partial charge in [0.05, 0.1) is 6.10 Å². The fourth-order valence-electron chi connectivity index (χ4n) is 2.98. The van der Waals surface area contributed by atoms with Crippen LogP contribution in [0.25, 0.3) is 0 Å². The van der Waals surface area contributed by atoms with Crippen LogP contribution in [0.5, 0.6) is 0 Å². The molecule has 0 aliphatic carbocycles. The first kappa shape index (κ1) is 19.2. The van der Waals surface area contributed by atoms with Crippen LogP contribution in [0.15, 0.2) is 4.99 Å². The number of ether oxygens (including phenoxy) is 2. The van der Waals surface area contributed by atoms with Crippen molar-refractivity contribution < 1.29 is 9.47 Å². The van der Waals surface area contributed by atoms with Gasteiger partial charge >= 0.3 is 0 Å². The maximum absolute atomic E-state index is 6.03. The minimum Gasteiger partial charge on any atom is -0.382 e. The van der Waals surface area contributed by atoms with E-state index in [9.17, 15) is 0 Å². The van der Waals surface area contributed by atoms with E-state index in [0.717, 1.165) is 51.7 Å². The average Bonchev–Trinajstić information content (AvgIpc) is 2.49. The van der Waals surface area contributed by atoms with Crippen LogP contribution in [-0.2, 0) is 9.47 Å². The number of nitrogens with zero attached hydrogens (tertiary/aromatic N) is 1. The van der Waals surface area contributed by atoms with Gasteiger partial charge in [0.25, 0.3) is 0 Å². The molecule has 1 fully saturated rings. The van der Waals surface area contributed by atoms with Gasteiger partial charge in [-0.05, 0) is 31.6 Å². The molecule has 0 saturated carbocycles. The zero-order valence-electron chi connectivity index (χ0n) is 15.1. The summed E-state index contributed by atoms with van der Waals surface area (Å²) in [5.41, 5.74) is 0.182. The topological polar surface area (TPSA) is 54.9 Å². The summed E-state index contributed by atoms with van der Waals surface area (Å²) in [6, 6.07) is 0. The van der Waals surface area contributed by atoms with Crippen molar-refractivity contribution in [2.24, 2.45) is 16.3 Å². The van der Waals surface area contributed by atoms with Crippen molar-refractivity contribution in [3.05, 3.63) is 0 Å². The fraction of sp³-hybridized carbons (Fsp3) is 0.941. The van der Waals surface area contributed by atoms with Crippen molar-refractivity contribution in [3.8, 4) is 0 Å². The molecule has 0 radical (unpaired) electrons. The molecule has 2 unspecified atom stereocenters. The Morgan fingerprint density at radius 1 is 1.32 bits per heavy atom. The van der Waals surface area contributed by atoms with Gasteiger partial charge in [-0.15, -0.1) is 0 Å². The molecule has 0 aromatic rings. The zero-order chi connectivity index (χ0) is 16.4. The Balaban J connectivity index is 2.34. The molecule has 1 aliphatic heterocycles. The van der Waals surface area contributed by atoms with E-state index in [1.807, 2.05) is 14.0 Å². The summed E-state index contributed by atoms with van der Waals surface area (Å²) in [5.74, 6) is 1.41. The van der Waals surface area contributed by atoms with E-state index < -0.39 is 0 Å². The van der Waals surface area contributed by atoms with Gasteiger partial charge in [-0.1, -0.05) is 20.8 Å². The highest BCUT2D eigenvalue weighted by Crippen LogP contribution is 2.33. The highest BCUT2D eigenvalue weighted by atomic mass is 16.5. The van der Waals surface area contributed by atoms with Crippen LogP contribution in [0, 0.1) is 11.3 Å². The number of aliphatic imine (C=N–C) groups is 1. The van der Waals surface area contributed by atoms with Gasteiger partial charge in [-0.2, -0.15) is 0 Å². The summed E-state index contributed by atoms with van der Waals surface area (Å²) < 4.78 is 11.4. The number of nitrogens with one attached hydrogen (secondary N) is 2. The van der Waals surface area contributed by atoms with E-state index >= 15 is 0 Å². The normalized spacial score (nSPS) is 23.4. The molecule has 1 aliphatic rings. The first-order chi connectivity index (χ1) is 10.5. The van der Waals surface area contributed by atoms with Crippen molar-refractivity contribution in [3.63, 3.8) is 0 Å². The number of hydrogen-bond acceptors (Lipinski definition) is 3. The predicted octanol–water partition coefficient (Wildman–Crippen LogP) is 2.42. The molecule has 5 heteroatoms. The van der Waals surface area contributed by atoms with E-state index in [2.05, 4.69) is 36.4 Å². The minimum atomic E-state index is 0.182. The Kier molecular flexibility index (Phi) is 8.79. The molecule has 130 valence electrons. The first-order valence-electron chi connectivity index (χ1n) is 8.63. The first-order valence-corrected chi connectivity index (χ1v) is 8.63. The third-order valence-corrected chi connectivity index (χ3v) is 4.02. The van der Waals surface area contributed by atoms with E-state index in [-0.39, 0.29) is 5.41 Å². The second kappa shape index (κ2) is 10.1. The van der Waals surface area contributed by atoms with Crippen LogP contribution >= 0.6 is 0 Å². The lowest BCUT2D eigenvalue weighted by Gasteiger charge is -2.40. The molecular weight excluding hydrogens is 278 g/mol. The largest absolute Gasteiger partial charge is 0.382 e. The smallest absolute Gasteiger partial charge is 0.190 e. The van der Waals surface area contributed by atoms with Gasteiger partial charge in [-0.25, -0.2) is 0 Å². The summed E-state index contributed by atoms with van der Waals surface area (Å²) in [4.78, 5) is 4.29. The Morgan fingerprint density at radius 3 is 2.73 bits per heavy atom. The molecule has 1 rings (SSSR count). The van der Waals surface area contributed by atoms with Gasteiger partial charge in [-0.3, -0.25) is 4.99 Å². The lowest BCUT2D eigenvalue weighted by molar-refractivity contribution is -0.0835. The molecule has 2 atom stereocenters. The number of rotatable bonds is 7. The Labute approximate surface area is 136 Å². The molecule has 0 spiro atoms. The third-order valence-electron chi connectivity index (χ3n) is 4.02. The van der Waals surface area contributed by atoms with E-state index in [0.29, 0.717) is 12.0 Å². The molecular formula is C17H35N3O2. The second-order valence-corrected chi connectivity index (χ2v) is 6.99. The summed E-state index contributed by atoms with van der Waals surface area (Å²) in [6.45, 7) is 13.1. The van der Waals surface area contributed by atoms with Crippen LogP contribution in [0.2, 0.25) is 0 Å². The average molecular weight is 313 g/mol. The highest BCUT2D eigenvalue weighted by Gasteiger charge is 2.35. The molecule has 0 aromatic carbocycles. The summed E-state index contributed by atoms with van der Waals surface area (Å²) >= 11 is 0. The third kappa shape index (κ3) is 6.97. The Morgan fingerprint density at radius 2 is 2.09 bits per heavy atom. The molecule has 1 heterocycles. The van der Waals surface area contributed by atoms with Crippen molar-refractivity contribution in [1.82, 2.24) is 10.6 Å². The Hall–Kier alpha value is -0.810. The van der Waals surface area contributed by atoms with E-state index in [1.54, 1.807) is 0 Å². The zero-order valence-corrected chi connectivity index (χ0v) is 15.1. The summed E-state index contributed by atoms with van der Waals surface area (Å²) in [5, 5.41) is 6.79. The molecule has 2 N–H and O–H groups in total. The fourth-order valence-corrected chi connectivity index (χ4v) is 2.98. The maximum atomic E-state index is 6.03. The highest BCUT2D eigenvalue weighted by molar-refractivity contribution is 5.79. The molecule has 22 heavy (non-hydrogen) atoms. The van der Waals surface area contributed by atoms with Crippen LogP contribution in [-0.4, -0.2) is 52.0 Å². The van der Waals surface area contributed by atoms with Crippen molar-refractivity contribution >= 4 is 5.96 Å². The van der Waals surface area contributed by atoms with Gasteiger partial charge in [0.15, 0.2) is 5.96 Å². The predicted molar refractivity (Wildman–Crippen MR) is 92.4 cm³/mol. The minimum absolute atomic E-state index is 0.182. The van der Waals surface area contributed by atoms with Crippen LogP contribution in [0.3, 0.4) is 0 Å². The molecule has 5 nitrogen and oxygen atoms in total. The maximum Gasteiger partial charge on any atom is 0.190 e. The monoisotopic (exact) mass is 313 g/mol. The van der Waals surface area contributed by atoms with Gasteiger partial charge in [0, 0.05) is 45.9 Å². The number of hydrogen-bond donors (Lipinski definition) is 2. The standard InChI is InChI=1S/C17H35N3O2/c1-6-21-11-8-10-19-16(18-5)20-13-14-9-7-12-22-15(14)17(2,3)4/h14-15H,6-13H2,1-5H3,(H2,18,19,20). The van der Waals surface area contributed by atoms with Crippen molar-refractivity contribution in [2.75, 3.05) is 40.0 Å². The Bertz CT molecular complexity index is 326. The molecule has 0 amide bonds. The van der Waals surface area contributed by atoms with E-state index in [1.165, 1.54) is 6.42 Å². The molecule has 1 saturated heterocycles. The van der Waals surface area contributed by atoms with E-state index in [4.69, 9.17) is 9.47 Å². The lowest BCUT2D eigenvalue weighted by atomic mass is 9.78. The van der Waals surface area contributed by atoms with Crippen molar-refractivity contribution in [1.29, 1.82) is 0 Å². The second-order valence-electron chi connectivity index (χ2n) is 6.99. The SMILES string of the molecule is CCOCCCNC(=NC)NCC1CCCOC1C(C)(C)C. The van der Waals surface area contributed by atoms with Gasteiger partial charge in [0.2, 0.25) is 0 Å². The molecule has 0 bridgehead atoms. The van der Waals surface area contributed by atoms with Crippen LogP contribution in [0.1, 0.15) is 47.0 Å². The van der Waals surface area contributed by atoms with Crippen LogP contribution < -0.4 is 10.6 Å². The summed E-state index contributed by atoms with van der Waals surface area (Å²) in [7, 11) is 1.82. The quantitative estimate of drug-likeness (QED) is 0.430.